The number of rotatable bonds is 2. The van der Waals surface area contributed by atoms with Crippen molar-refractivity contribution >= 4 is 11.5 Å². The Hall–Kier alpha value is -1.82. The van der Waals surface area contributed by atoms with Gasteiger partial charge in [0.05, 0.1) is 5.38 Å². The van der Waals surface area contributed by atoms with Crippen LogP contribution >= 0.6 is 11.5 Å². The molecule has 0 aliphatic heterocycles. The molecule has 6 heteroatoms. The summed E-state index contributed by atoms with van der Waals surface area (Å²) in [5.74, 6) is 6.85. The van der Waals surface area contributed by atoms with Gasteiger partial charge in [0.25, 0.3) is 0 Å². The number of nitrogens with two attached hydrogens (primary N) is 1. The molecule has 0 amide bonds. The Bertz CT molecular complexity index is 434. The van der Waals surface area contributed by atoms with Crippen LogP contribution in [-0.4, -0.2) is 14.5 Å². The van der Waals surface area contributed by atoms with Gasteiger partial charge in [-0.15, -0.1) is 4.91 Å². The van der Waals surface area contributed by atoms with E-state index >= 15 is 0 Å². The summed E-state index contributed by atoms with van der Waals surface area (Å²) in [5, 5.41) is 4.60. The lowest BCUT2D eigenvalue weighted by molar-refractivity contribution is 0.441. The van der Waals surface area contributed by atoms with Gasteiger partial charge in [-0.1, -0.05) is 12.1 Å². The van der Waals surface area contributed by atoms with Crippen LogP contribution in [-0.2, 0) is 0 Å². The summed E-state index contributed by atoms with van der Waals surface area (Å²) in [5.41, 5.74) is 1.15. The van der Waals surface area contributed by atoms with Crippen LogP contribution in [0.25, 0.3) is 0 Å². The average molecular weight is 224 g/mol. The quantitative estimate of drug-likeness (QED) is 0.684. The molecule has 0 saturated heterocycles. The van der Waals surface area contributed by atoms with Crippen LogP contribution in [0.15, 0.2) is 29.6 Å². The molecule has 1 aromatic heterocycles. The maximum absolute atomic E-state index is 5.57. The van der Waals surface area contributed by atoms with Crippen LogP contribution in [0.5, 0.6) is 11.6 Å². The SMILES string of the molecule is Cc1cccc(Oc2cs[nH]n(N)[nH]2)c1. The standard InChI is InChI=1S/C9H12N4OS/c1-7-3-2-4-8(5-7)14-9-6-15-12-13(10)11-9/h2-6,11-12H,10H2,1H3. The van der Waals surface area contributed by atoms with E-state index in [0.717, 1.165) is 11.3 Å². The van der Waals surface area contributed by atoms with Gasteiger partial charge in [-0.3, -0.25) is 0 Å². The van der Waals surface area contributed by atoms with E-state index in [0.29, 0.717) is 5.88 Å². The fourth-order valence-corrected chi connectivity index (χ4v) is 1.58. The lowest BCUT2D eigenvalue weighted by Crippen LogP contribution is -2.15. The van der Waals surface area contributed by atoms with Crippen molar-refractivity contribution in [1.82, 2.24) is 14.5 Å². The third kappa shape index (κ3) is 2.57. The number of hydrogen-bond acceptors (Lipinski definition) is 3. The summed E-state index contributed by atoms with van der Waals surface area (Å²) in [4.78, 5) is 1.23. The van der Waals surface area contributed by atoms with Crippen molar-refractivity contribution in [2.75, 3.05) is 5.84 Å². The first-order valence-electron chi connectivity index (χ1n) is 4.41. The molecule has 0 aliphatic carbocycles. The summed E-state index contributed by atoms with van der Waals surface area (Å²) >= 11 is 1.34. The predicted molar refractivity (Wildman–Crippen MR) is 60.0 cm³/mol. The Labute approximate surface area is 90.9 Å². The molecule has 0 saturated carbocycles. The minimum Gasteiger partial charge on any atom is -0.439 e. The van der Waals surface area contributed by atoms with E-state index in [-0.39, 0.29) is 0 Å². The number of aromatic amines is 2. The molecule has 0 unspecified atom stereocenters. The van der Waals surface area contributed by atoms with Crippen molar-refractivity contribution in [3.63, 3.8) is 0 Å². The van der Waals surface area contributed by atoms with Crippen LogP contribution in [0, 0.1) is 6.92 Å². The molecule has 0 aliphatic rings. The first-order chi connectivity index (χ1) is 7.24. The number of nitrogens with zero attached hydrogens (tertiary/aromatic N) is 1. The largest absolute Gasteiger partial charge is 0.439 e. The van der Waals surface area contributed by atoms with Crippen molar-refractivity contribution in [1.29, 1.82) is 0 Å². The number of hydrogen-bond donors (Lipinski definition) is 3. The summed E-state index contributed by atoms with van der Waals surface area (Å²) in [6.07, 6.45) is 0. The topological polar surface area (TPSA) is 71.8 Å². The Morgan fingerprint density at radius 1 is 1.47 bits per heavy atom. The third-order valence-electron chi connectivity index (χ3n) is 1.77. The fraction of sp³-hybridized carbons (Fsp3) is 0.111. The molecule has 0 fully saturated rings. The summed E-state index contributed by atoms with van der Waals surface area (Å²) in [6.45, 7) is 2.01. The number of nitrogens with one attached hydrogen (secondary N) is 2. The maximum Gasteiger partial charge on any atom is 0.226 e. The third-order valence-corrected chi connectivity index (χ3v) is 2.40. The molecule has 0 radical (unpaired) electrons. The van der Waals surface area contributed by atoms with E-state index in [9.17, 15) is 0 Å². The van der Waals surface area contributed by atoms with Crippen LogP contribution in [0.3, 0.4) is 0 Å². The molecule has 1 aromatic carbocycles. The van der Waals surface area contributed by atoms with Crippen molar-refractivity contribution in [3.8, 4) is 11.6 Å². The van der Waals surface area contributed by atoms with Gasteiger partial charge < -0.3 is 10.6 Å². The molecular formula is C9H12N4OS. The van der Waals surface area contributed by atoms with Gasteiger partial charge in [-0.25, -0.2) is 9.59 Å². The molecule has 2 aromatic rings. The Balaban J connectivity index is 2.22. The van der Waals surface area contributed by atoms with Gasteiger partial charge in [-0.2, -0.15) is 0 Å². The van der Waals surface area contributed by atoms with Gasteiger partial charge in [0, 0.05) is 0 Å². The zero-order chi connectivity index (χ0) is 10.7. The Kier molecular flexibility index (Phi) is 2.68. The highest BCUT2D eigenvalue weighted by Crippen LogP contribution is 2.19. The van der Waals surface area contributed by atoms with E-state index < -0.39 is 0 Å². The molecule has 0 spiro atoms. The molecular weight excluding hydrogens is 212 g/mol. The molecule has 0 bridgehead atoms. The van der Waals surface area contributed by atoms with Gasteiger partial charge in [0.15, 0.2) is 0 Å². The van der Waals surface area contributed by atoms with E-state index in [4.69, 9.17) is 10.6 Å². The van der Waals surface area contributed by atoms with Crippen molar-refractivity contribution in [2.24, 2.45) is 0 Å². The van der Waals surface area contributed by atoms with Gasteiger partial charge >= 0.3 is 0 Å². The Morgan fingerprint density at radius 2 is 2.33 bits per heavy atom. The molecule has 4 N–H and O–H groups in total. The molecule has 80 valence electrons. The highest BCUT2D eigenvalue weighted by atomic mass is 32.1. The number of benzene rings is 1. The number of nitrogen functional groups attached to an aromatic ring is 1. The van der Waals surface area contributed by atoms with E-state index in [1.165, 1.54) is 16.4 Å². The molecule has 2 rings (SSSR count). The van der Waals surface area contributed by atoms with E-state index in [1.54, 1.807) is 5.38 Å². The van der Waals surface area contributed by atoms with Crippen LogP contribution in [0.1, 0.15) is 5.56 Å². The smallest absolute Gasteiger partial charge is 0.226 e. The van der Waals surface area contributed by atoms with Crippen LogP contribution in [0.4, 0.5) is 0 Å². The summed E-state index contributed by atoms with van der Waals surface area (Å²) in [6, 6.07) is 7.81. The second-order valence-electron chi connectivity index (χ2n) is 3.09. The van der Waals surface area contributed by atoms with Gasteiger partial charge in [0.1, 0.15) is 5.75 Å². The number of aromatic nitrogens is 3. The normalized spacial score (nSPS) is 9.93. The second-order valence-corrected chi connectivity index (χ2v) is 3.75. The molecule has 5 nitrogen and oxygen atoms in total. The summed E-state index contributed by atoms with van der Waals surface area (Å²) < 4.78 is 8.34. The zero-order valence-electron chi connectivity index (χ0n) is 8.23. The van der Waals surface area contributed by atoms with E-state index in [2.05, 4.69) is 9.59 Å². The van der Waals surface area contributed by atoms with E-state index in [1.807, 2.05) is 31.2 Å². The fourth-order valence-electron chi connectivity index (χ4n) is 1.16. The first kappa shape index (κ1) is 9.72. The predicted octanol–water partition coefficient (Wildman–Crippen LogP) is 2.14. The van der Waals surface area contributed by atoms with Gasteiger partial charge in [0.2, 0.25) is 5.88 Å². The highest BCUT2D eigenvalue weighted by molar-refractivity contribution is 7.03. The lowest BCUT2D eigenvalue weighted by atomic mass is 10.2. The number of H-pyrrole nitrogens is 2. The van der Waals surface area contributed by atoms with Crippen molar-refractivity contribution in [3.05, 3.63) is 35.2 Å². The summed E-state index contributed by atoms with van der Waals surface area (Å²) in [7, 11) is 0. The minimum absolute atomic E-state index is 0.590. The monoisotopic (exact) mass is 224 g/mol. The number of ether oxygens (including phenoxy) is 1. The van der Waals surface area contributed by atoms with Gasteiger partial charge in [-0.05, 0) is 36.2 Å². The van der Waals surface area contributed by atoms with Crippen molar-refractivity contribution < 1.29 is 4.74 Å². The van der Waals surface area contributed by atoms with Crippen LogP contribution < -0.4 is 10.6 Å². The maximum atomic E-state index is 5.57. The zero-order valence-corrected chi connectivity index (χ0v) is 9.04. The lowest BCUT2D eigenvalue weighted by Gasteiger charge is -2.07. The van der Waals surface area contributed by atoms with Crippen molar-refractivity contribution in [2.45, 2.75) is 6.92 Å². The highest BCUT2D eigenvalue weighted by Gasteiger charge is 1.97. The first-order valence-corrected chi connectivity index (χ1v) is 5.29. The number of aryl methyl sites for hydroxylation is 1. The molecule has 1 heterocycles. The molecule has 15 heavy (non-hydrogen) atoms. The van der Waals surface area contributed by atoms with Crippen LogP contribution in [0.2, 0.25) is 0 Å². The molecule has 0 atom stereocenters. The second kappa shape index (κ2) is 4.14. The minimum atomic E-state index is 0.590. The Morgan fingerprint density at radius 3 is 3.07 bits per heavy atom. The average Bonchev–Trinajstić information content (AvgIpc) is 2.17.